The molecular formula is C17H26N2. The van der Waals surface area contributed by atoms with Crippen LogP contribution in [0.1, 0.15) is 32.3 Å². The summed E-state index contributed by atoms with van der Waals surface area (Å²) in [6, 6.07) is 11.6. The first-order valence-electron chi connectivity index (χ1n) is 7.69. The van der Waals surface area contributed by atoms with Crippen LogP contribution in [0.4, 0.5) is 0 Å². The summed E-state index contributed by atoms with van der Waals surface area (Å²) in [5.41, 5.74) is 2.06. The van der Waals surface area contributed by atoms with Gasteiger partial charge in [-0.25, -0.2) is 0 Å². The molecule has 3 rings (SSSR count). The molecule has 2 heteroatoms. The van der Waals surface area contributed by atoms with Crippen molar-refractivity contribution in [3.8, 4) is 0 Å². The predicted octanol–water partition coefficient (Wildman–Crippen LogP) is 2.90. The van der Waals surface area contributed by atoms with E-state index in [1.165, 1.54) is 38.0 Å². The topological polar surface area (TPSA) is 15.3 Å². The van der Waals surface area contributed by atoms with Crippen LogP contribution >= 0.6 is 0 Å². The lowest BCUT2D eigenvalue weighted by Gasteiger charge is -2.56. The van der Waals surface area contributed by atoms with Gasteiger partial charge < -0.3 is 5.32 Å². The highest BCUT2D eigenvalue weighted by molar-refractivity contribution is 5.15. The zero-order valence-electron chi connectivity index (χ0n) is 12.2. The number of hydrogen-bond donors (Lipinski definition) is 1. The van der Waals surface area contributed by atoms with Crippen molar-refractivity contribution in [1.29, 1.82) is 0 Å². The van der Waals surface area contributed by atoms with Gasteiger partial charge >= 0.3 is 0 Å². The van der Waals surface area contributed by atoms with Crippen LogP contribution in [0.15, 0.2) is 30.3 Å². The number of rotatable bonds is 3. The van der Waals surface area contributed by atoms with Gasteiger partial charge in [-0.1, -0.05) is 44.2 Å². The standard InChI is InChI=1S/C17H26N2/c1-14(2)16-17(13-18-16)8-10-19(11-9-17)12-15-6-4-3-5-7-15/h3-7,14,16,18H,8-13H2,1-2H3. The molecule has 0 bridgehead atoms. The van der Waals surface area contributed by atoms with E-state index in [4.69, 9.17) is 0 Å². The van der Waals surface area contributed by atoms with Crippen LogP contribution in [0.5, 0.6) is 0 Å². The number of nitrogens with zero attached hydrogens (tertiary/aromatic N) is 1. The van der Waals surface area contributed by atoms with Crippen molar-refractivity contribution in [1.82, 2.24) is 10.2 Å². The van der Waals surface area contributed by atoms with Crippen molar-refractivity contribution < 1.29 is 0 Å². The molecule has 0 saturated carbocycles. The van der Waals surface area contributed by atoms with E-state index < -0.39 is 0 Å². The Bertz CT molecular complexity index is 405. The summed E-state index contributed by atoms with van der Waals surface area (Å²) in [6.07, 6.45) is 2.74. The molecule has 0 aliphatic carbocycles. The lowest BCUT2D eigenvalue weighted by atomic mass is 9.63. The third-order valence-corrected chi connectivity index (χ3v) is 5.10. The van der Waals surface area contributed by atoms with E-state index in [-0.39, 0.29) is 0 Å². The Balaban J connectivity index is 1.55. The summed E-state index contributed by atoms with van der Waals surface area (Å²) in [5, 5.41) is 3.65. The van der Waals surface area contributed by atoms with Gasteiger partial charge in [0.05, 0.1) is 0 Å². The Labute approximate surface area is 117 Å². The molecule has 0 radical (unpaired) electrons. The lowest BCUT2D eigenvalue weighted by molar-refractivity contribution is -0.0174. The van der Waals surface area contributed by atoms with Crippen LogP contribution in [-0.2, 0) is 6.54 Å². The Hall–Kier alpha value is -0.860. The molecule has 0 aromatic heterocycles. The normalized spacial score (nSPS) is 26.6. The Morgan fingerprint density at radius 1 is 1.21 bits per heavy atom. The maximum Gasteiger partial charge on any atom is 0.0233 e. The van der Waals surface area contributed by atoms with E-state index in [1.54, 1.807) is 0 Å². The molecule has 1 spiro atoms. The zero-order valence-corrected chi connectivity index (χ0v) is 12.2. The molecule has 0 amide bonds. The summed E-state index contributed by atoms with van der Waals surface area (Å²) < 4.78 is 0. The van der Waals surface area contributed by atoms with Crippen LogP contribution in [0.3, 0.4) is 0 Å². The summed E-state index contributed by atoms with van der Waals surface area (Å²) in [6.45, 7) is 9.61. The first kappa shape index (κ1) is 13.1. The van der Waals surface area contributed by atoms with Crippen molar-refractivity contribution in [2.75, 3.05) is 19.6 Å². The first-order chi connectivity index (χ1) is 9.20. The molecular weight excluding hydrogens is 232 g/mol. The van der Waals surface area contributed by atoms with Gasteiger partial charge in [0.15, 0.2) is 0 Å². The highest BCUT2D eigenvalue weighted by Crippen LogP contribution is 2.43. The second kappa shape index (κ2) is 5.26. The van der Waals surface area contributed by atoms with Crippen LogP contribution in [0.25, 0.3) is 0 Å². The van der Waals surface area contributed by atoms with Gasteiger partial charge in [0.25, 0.3) is 0 Å². The number of benzene rings is 1. The van der Waals surface area contributed by atoms with Gasteiger partial charge in [0, 0.05) is 24.5 Å². The maximum absolute atomic E-state index is 3.65. The van der Waals surface area contributed by atoms with Gasteiger partial charge in [0.1, 0.15) is 0 Å². The maximum atomic E-state index is 3.65. The van der Waals surface area contributed by atoms with Crippen LogP contribution in [0.2, 0.25) is 0 Å². The summed E-state index contributed by atoms with van der Waals surface area (Å²) >= 11 is 0. The molecule has 2 aliphatic heterocycles. The molecule has 2 aliphatic rings. The average molecular weight is 258 g/mol. The van der Waals surface area contributed by atoms with Crippen molar-refractivity contribution in [3.05, 3.63) is 35.9 Å². The van der Waals surface area contributed by atoms with Gasteiger partial charge in [-0.15, -0.1) is 0 Å². The SMILES string of the molecule is CC(C)C1NCC12CCN(Cc1ccccc1)CC2. The molecule has 2 saturated heterocycles. The minimum absolute atomic E-state index is 0.612. The van der Waals surface area contributed by atoms with Crippen molar-refractivity contribution >= 4 is 0 Å². The summed E-state index contributed by atoms with van der Waals surface area (Å²) in [4.78, 5) is 2.62. The average Bonchev–Trinajstić information content (AvgIpc) is 2.39. The molecule has 104 valence electrons. The molecule has 2 heterocycles. The second-order valence-electron chi connectivity index (χ2n) is 6.73. The second-order valence-corrected chi connectivity index (χ2v) is 6.73. The van der Waals surface area contributed by atoms with Gasteiger partial charge in [-0.2, -0.15) is 0 Å². The summed E-state index contributed by atoms with van der Waals surface area (Å²) in [7, 11) is 0. The molecule has 2 nitrogen and oxygen atoms in total. The van der Waals surface area contributed by atoms with E-state index in [0.29, 0.717) is 5.41 Å². The van der Waals surface area contributed by atoms with Gasteiger partial charge in [-0.3, -0.25) is 4.90 Å². The largest absolute Gasteiger partial charge is 0.313 e. The zero-order chi connectivity index (χ0) is 13.3. The fraction of sp³-hybridized carbons (Fsp3) is 0.647. The van der Waals surface area contributed by atoms with Crippen molar-refractivity contribution in [3.63, 3.8) is 0 Å². The molecule has 1 atom stereocenters. The van der Waals surface area contributed by atoms with E-state index in [2.05, 4.69) is 54.4 Å². The number of piperidine rings is 1. The fourth-order valence-electron chi connectivity index (χ4n) is 3.94. The smallest absolute Gasteiger partial charge is 0.0233 e. The van der Waals surface area contributed by atoms with Crippen LogP contribution < -0.4 is 5.32 Å². The van der Waals surface area contributed by atoms with Gasteiger partial charge in [0.2, 0.25) is 0 Å². The van der Waals surface area contributed by atoms with E-state index in [1.807, 2.05) is 0 Å². The highest BCUT2D eigenvalue weighted by Gasteiger charge is 2.48. The van der Waals surface area contributed by atoms with Crippen molar-refractivity contribution in [2.45, 2.75) is 39.3 Å². The first-order valence-corrected chi connectivity index (χ1v) is 7.69. The lowest BCUT2D eigenvalue weighted by Crippen LogP contribution is -2.67. The number of hydrogen-bond acceptors (Lipinski definition) is 2. The van der Waals surface area contributed by atoms with E-state index in [0.717, 1.165) is 18.5 Å². The van der Waals surface area contributed by atoms with Crippen LogP contribution in [-0.4, -0.2) is 30.6 Å². The number of likely N-dealkylation sites (tertiary alicyclic amines) is 1. The Morgan fingerprint density at radius 3 is 2.42 bits per heavy atom. The highest BCUT2D eigenvalue weighted by atomic mass is 15.2. The molecule has 1 aromatic rings. The van der Waals surface area contributed by atoms with E-state index in [9.17, 15) is 0 Å². The molecule has 1 aromatic carbocycles. The van der Waals surface area contributed by atoms with E-state index >= 15 is 0 Å². The Morgan fingerprint density at radius 2 is 1.89 bits per heavy atom. The molecule has 19 heavy (non-hydrogen) atoms. The fourth-order valence-corrected chi connectivity index (χ4v) is 3.94. The van der Waals surface area contributed by atoms with Gasteiger partial charge in [-0.05, 0) is 37.4 Å². The number of nitrogens with one attached hydrogen (secondary N) is 1. The predicted molar refractivity (Wildman–Crippen MR) is 80.0 cm³/mol. The minimum atomic E-state index is 0.612. The quantitative estimate of drug-likeness (QED) is 0.897. The minimum Gasteiger partial charge on any atom is -0.313 e. The molecule has 1 unspecified atom stereocenters. The summed E-state index contributed by atoms with van der Waals surface area (Å²) in [5.74, 6) is 0.773. The monoisotopic (exact) mass is 258 g/mol. The van der Waals surface area contributed by atoms with Crippen molar-refractivity contribution in [2.24, 2.45) is 11.3 Å². The third kappa shape index (κ3) is 2.56. The third-order valence-electron chi connectivity index (χ3n) is 5.10. The van der Waals surface area contributed by atoms with Crippen LogP contribution in [0, 0.1) is 11.3 Å². The molecule has 1 N–H and O–H groups in total. The Kier molecular flexibility index (Phi) is 3.64. The molecule has 2 fully saturated rings.